The van der Waals surface area contributed by atoms with Crippen LogP contribution < -0.4 is 10.1 Å². The molecule has 0 bridgehead atoms. The summed E-state index contributed by atoms with van der Waals surface area (Å²) in [5, 5.41) is 4.30. The van der Waals surface area contributed by atoms with Gasteiger partial charge < -0.3 is 10.1 Å². The summed E-state index contributed by atoms with van der Waals surface area (Å²) < 4.78 is 21.6. The monoisotopic (exact) mass is 420 g/mol. The zero-order valence-electron chi connectivity index (χ0n) is 16.3. The second-order valence-electron chi connectivity index (χ2n) is 6.72. The number of imidazole rings is 1. The average molecular weight is 420 g/mol. The highest BCUT2D eigenvalue weighted by molar-refractivity contribution is 7.15. The fourth-order valence-electron chi connectivity index (χ4n) is 3.31. The van der Waals surface area contributed by atoms with Gasteiger partial charge in [0, 0.05) is 30.2 Å². The summed E-state index contributed by atoms with van der Waals surface area (Å²) in [6.07, 6.45) is 8.70. The molecule has 0 saturated heterocycles. The maximum Gasteiger partial charge on any atom is 0.173 e. The fourth-order valence-corrected chi connectivity index (χ4v) is 4.06. The molecule has 30 heavy (non-hydrogen) atoms. The third kappa shape index (κ3) is 3.22. The molecule has 0 saturated carbocycles. The standard InChI is InChI=1S/C21H17FN6OS/c1-12-24-10-19(30-12)13-5-16(22)21-27-8-14(28(21)11-13)7-25-17-3-4-23-18-6-15(29-2)9-26-20(17)18/h3-6,8-11H,7H2,1-2H3,(H,23,25). The Morgan fingerprint density at radius 1 is 1.13 bits per heavy atom. The van der Waals surface area contributed by atoms with Gasteiger partial charge in [0.05, 0.1) is 52.8 Å². The van der Waals surface area contributed by atoms with E-state index in [0.29, 0.717) is 17.9 Å². The summed E-state index contributed by atoms with van der Waals surface area (Å²) in [5.74, 6) is 0.281. The lowest BCUT2D eigenvalue weighted by atomic mass is 10.2. The number of nitrogens with one attached hydrogen (secondary N) is 1. The van der Waals surface area contributed by atoms with E-state index >= 15 is 0 Å². The van der Waals surface area contributed by atoms with Crippen molar-refractivity contribution < 1.29 is 9.13 Å². The Balaban J connectivity index is 1.49. The number of hydrogen-bond donors (Lipinski definition) is 1. The number of aromatic nitrogens is 5. The maximum atomic E-state index is 14.6. The van der Waals surface area contributed by atoms with Crippen LogP contribution >= 0.6 is 11.3 Å². The minimum Gasteiger partial charge on any atom is -0.495 e. The van der Waals surface area contributed by atoms with Gasteiger partial charge in [-0.15, -0.1) is 11.3 Å². The van der Waals surface area contributed by atoms with Gasteiger partial charge in [-0.05, 0) is 19.1 Å². The van der Waals surface area contributed by atoms with Gasteiger partial charge in [0.2, 0.25) is 0 Å². The maximum absolute atomic E-state index is 14.6. The summed E-state index contributed by atoms with van der Waals surface area (Å²) >= 11 is 1.53. The first-order chi connectivity index (χ1) is 14.6. The van der Waals surface area contributed by atoms with Crippen LogP contribution in [-0.4, -0.2) is 31.4 Å². The highest BCUT2D eigenvalue weighted by Crippen LogP contribution is 2.28. The highest BCUT2D eigenvalue weighted by Gasteiger charge is 2.13. The number of nitrogens with zero attached hydrogens (tertiary/aromatic N) is 5. The van der Waals surface area contributed by atoms with Crippen LogP contribution in [0.1, 0.15) is 10.7 Å². The first-order valence-electron chi connectivity index (χ1n) is 9.23. The van der Waals surface area contributed by atoms with Crippen molar-refractivity contribution in [1.29, 1.82) is 0 Å². The van der Waals surface area contributed by atoms with E-state index in [9.17, 15) is 4.39 Å². The quantitative estimate of drug-likeness (QED) is 0.452. The largest absolute Gasteiger partial charge is 0.495 e. The molecule has 0 aromatic carbocycles. The van der Waals surface area contributed by atoms with E-state index in [0.717, 1.165) is 37.9 Å². The number of halogens is 1. The van der Waals surface area contributed by atoms with Gasteiger partial charge in [0.1, 0.15) is 11.3 Å². The molecule has 5 heterocycles. The molecule has 9 heteroatoms. The molecule has 1 N–H and O–H groups in total. The van der Waals surface area contributed by atoms with Crippen LogP contribution in [-0.2, 0) is 6.54 Å². The van der Waals surface area contributed by atoms with Crippen LogP contribution in [0.25, 0.3) is 27.1 Å². The van der Waals surface area contributed by atoms with Crippen molar-refractivity contribution in [2.75, 3.05) is 12.4 Å². The Morgan fingerprint density at radius 3 is 2.83 bits per heavy atom. The molecule has 0 aliphatic rings. The van der Waals surface area contributed by atoms with E-state index in [1.165, 1.54) is 17.4 Å². The molecule has 5 rings (SSSR count). The van der Waals surface area contributed by atoms with Gasteiger partial charge in [-0.1, -0.05) is 0 Å². The van der Waals surface area contributed by atoms with Crippen molar-refractivity contribution in [3.05, 3.63) is 65.7 Å². The van der Waals surface area contributed by atoms with Crippen LogP contribution in [0, 0.1) is 12.7 Å². The molecule has 5 aromatic heterocycles. The Labute approximate surface area is 175 Å². The minimum atomic E-state index is -0.368. The Bertz CT molecular complexity index is 1380. The molecule has 0 spiro atoms. The lowest BCUT2D eigenvalue weighted by Gasteiger charge is -2.10. The molecular weight excluding hydrogens is 403 g/mol. The summed E-state index contributed by atoms with van der Waals surface area (Å²) in [5.41, 5.74) is 4.18. The predicted molar refractivity (Wildman–Crippen MR) is 114 cm³/mol. The number of methoxy groups -OCH3 is 1. The number of fused-ring (bicyclic) bond motifs is 2. The Hall–Kier alpha value is -3.59. The molecule has 0 unspecified atom stereocenters. The molecule has 5 aromatic rings. The molecule has 7 nitrogen and oxygen atoms in total. The van der Waals surface area contributed by atoms with Gasteiger partial charge in [-0.2, -0.15) is 0 Å². The van der Waals surface area contributed by atoms with Crippen molar-refractivity contribution in [3.63, 3.8) is 0 Å². The van der Waals surface area contributed by atoms with Crippen molar-refractivity contribution in [3.8, 4) is 16.2 Å². The molecular formula is C21H17FN6OS. The van der Waals surface area contributed by atoms with Gasteiger partial charge >= 0.3 is 0 Å². The number of aryl methyl sites for hydroxylation is 1. The number of hydrogen-bond acceptors (Lipinski definition) is 7. The Kier molecular flexibility index (Phi) is 4.51. The van der Waals surface area contributed by atoms with Crippen LogP contribution in [0.2, 0.25) is 0 Å². The van der Waals surface area contributed by atoms with E-state index in [1.54, 1.807) is 36.3 Å². The Morgan fingerprint density at radius 2 is 2.03 bits per heavy atom. The zero-order chi connectivity index (χ0) is 20.7. The number of pyridine rings is 3. The lowest BCUT2D eigenvalue weighted by Crippen LogP contribution is -2.04. The average Bonchev–Trinajstić information content (AvgIpc) is 3.38. The third-order valence-corrected chi connectivity index (χ3v) is 5.75. The SMILES string of the molecule is COc1cnc2c(NCc3cnc4c(F)cc(-c5cnc(C)s5)cn34)ccnc2c1. The first-order valence-corrected chi connectivity index (χ1v) is 10.0. The zero-order valence-corrected chi connectivity index (χ0v) is 17.1. The van der Waals surface area contributed by atoms with Gasteiger partial charge in [0.25, 0.3) is 0 Å². The summed E-state index contributed by atoms with van der Waals surface area (Å²) in [7, 11) is 1.59. The number of ether oxygens (including phenoxy) is 1. The lowest BCUT2D eigenvalue weighted by molar-refractivity contribution is 0.413. The summed E-state index contributed by atoms with van der Waals surface area (Å²) in [6.45, 7) is 2.37. The molecule has 150 valence electrons. The second-order valence-corrected chi connectivity index (χ2v) is 7.95. The number of thiazole rings is 1. The van der Waals surface area contributed by atoms with E-state index in [-0.39, 0.29) is 5.82 Å². The van der Waals surface area contributed by atoms with E-state index in [2.05, 4.69) is 25.3 Å². The van der Waals surface area contributed by atoms with Gasteiger partial charge in [-0.3, -0.25) is 9.38 Å². The smallest absolute Gasteiger partial charge is 0.173 e. The molecule has 0 fully saturated rings. The normalized spacial score (nSPS) is 11.3. The highest BCUT2D eigenvalue weighted by atomic mass is 32.1. The molecule has 0 radical (unpaired) electrons. The molecule has 0 atom stereocenters. The van der Waals surface area contributed by atoms with Crippen LogP contribution in [0.15, 0.2) is 49.2 Å². The van der Waals surface area contributed by atoms with Crippen LogP contribution in [0.4, 0.5) is 10.1 Å². The van der Waals surface area contributed by atoms with Crippen LogP contribution in [0.5, 0.6) is 5.75 Å². The van der Waals surface area contributed by atoms with Crippen molar-refractivity contribution in [1.82, 2.24) is 24.3 Å². The molecule has 0 aliphatic heterocycles. The third-order valence-electron chi connectivity index (χ3n) is 4.79. The number of anilines is 1. The van der Waals surface area contributed by atoms with Gasteiger partial charge in [-0.25, -0.2) is 19.3 Å². The van der Waals surface area contributed by atoms with Gasteiger partial charge in [0.15, 0.2) is 11.5 Å². The topological polar surface area (TPSA) is 77.2 Å². The summed E-state index contributed by atoms with van der Waals surface area (Å²) in [4.78, 5) is 18.2. The van der Waals surface area contributed by atoms with Crippen molar-refractivity contribution >= 4 is 33.7 Å². The fraction of sp³-hybridized carbons (Fsp3) is 0.143. The molecule has 0 aliphatic carbocycles. The first kappa shape index (κ1) is 18.4. The van der Waals surface area contributed by atoms with E-state index in [1.807, 2.05) is 25.3 Å². The second kappa shape index (κ2) is 7.34. The summed E-state index contributed by atoms with van der Waals surface area (Å²) in [6, 6.07) is 5.19. The van der Waals surface area contributed by atoms with Crippen molar-refractivity contribution in [2.24, 2.45) is 0 Å². The number of rotatable bonds is 5. The minimum absolute atomic E-state index is 0.291. The predicted octanol–water partition coefficient (Wildman–Crippen LogP) is 4.47. The molecule has 0 amide bonds. The van der Waals surface area contributed by atoms with Crippen LogP contribution in [0.3, 0.4) is 0 Å². The van der Waals surface area contributed by atoms with Crippen molar-refractivity contribution in [2.45, 2.75) is 13.5 Å². The van der Waals surface area contributed by atoms with E-state index in [4.69, 9.17) is 4.74 Å². The van der Waals surface area contributed by atoms with E-state index < -0.39 is 0 Å².